The SMILES string of the molecule is CC1(Nc2ccc(C(F)(F)F)nn2)CCCC1. The maximum Gasteiger partial charge on any atom is 0.435 e. The molecule has 1 heterocycles. The van der Waals surface area contributed by atoms with Crippen molar-refractivity contribution in [1.82, 2.24) is 10.2 Å². The molecule has 17 heavy (non-hydrogen) atoms. The molecule has 1 aliphatic rings. The first kappa shape index (κ1) is 12.1. The molecule has 1 aromatic heterocycles. The molecule has 0 saturated heterocycles. The van der Waals surface area contributed by atoms with Gasteiger partial charge < -0.3 is 5.32 Å². The molecule has 6 heteroatoms. The second kappa shape index (κ2) is 4.16. The summed E-state index contributed by atoms with van der Waals surface area (Å²) < 4.78 is 36.8. The van der Waals surface area contributed by atoms with Crippen LogP contribution in [0, 0.1) is 0 Å². The van der Waals surface area contributed by atoms with Crippen molar-refractivity contribution in [2.24, 2.45) is 0 Å². The van der Waals surface area contributed by atoms with E-state index in [-0.39, 0.29) is 5.54 Å². The van der Waals surface area contributed by atoms with Crippen LogP contribution in [-0.2, 0) is 6.18 Å². The number of hydrogen-bond donors (Lipinski definition) is 1. The van der Waals surface area contributed by atoms with E-state index in [1.54, 1.807) is 0 Å². The van der Waals surface area contributed by atoms with E-state index < -0.39 is 11.9 Å². The van der Waals surface area contributed by atoms with Gasteiger partial charge in [0.05, 0.1) is 0 Å². The maximum absolute atomic E-state index is 12.3. The number of halogens is 3. The molecule has 3 nitrogen and oxygen atoms in total. The number of alkyl halides is 3. The second-order valence-corrected chi connectivity index (χ2v) is 4.69. The van der Waals surface area contributed by atoms with Crippen LogP contribution in [0.15, 0.2) is 12.1 Å². The first-order valence-electron chi connectivity index (χ1n) is 5.58. The van der Waals surface area contributed by atoms with Gasteiger partial charge in [-0.05, 0) is 31.9 Å². The number of hydrogen-bond acceptors (Lipinski definition) is 3. The fourth-order valence-corrected chi connectivity index (χ4v) is 2.14. The molecule has 1 saturated carbocycles. The van der Waals surface area contributed by atoms with Crippen LogP contribution in [0.4, 0.5) is 19.0 Å². The van der Waals surface area contributed by atoms with Crippen LogP contribution < -0.4 is 5.32 Å². The summed E-state index contributed by atoms with van der Waals surface area (Å²) in [5, 5.41) is 9.91. The van der Waals surface area contributed by atoms with E-state index in [0.717, 1.165) is 31.7 Å². The van der Waals surface area contributed by atoms with Gasteiger partial charge in [0.15, 0.2) is 5.69 Å². The quantitative estimate of drug-likeness (QED) is 0.869. The number of nitrogens with one attached hydrogen (secondary N) is 1. The molecule has 0 aromatic carbocycles. The van der Waals surface area contributed by atoms with Gasteiger partial charge in [-0.1, -0.05) is 12.8 Å². The van der Waals surface area contributed by atoms with E-state index in [2.05, 4.69) is 22.4 Å². The molecular weight excluding hydrogens is 231 g/mol. The summed E-state index contributed by atoms with van der Waals surface area (Å²) in [6.45, 7) is 2.05. The van der Waals surface area contributed by atoms with Crippen LogP contribution in [0.3, 0.4) is 0 Å². The molecule has 0 atom stereocenters. The van der Waals surface area contributed by atoms with Gasteiger partial charge in [0.25, 0.3) is 0 Å². The second-order valence-electron chi connectivity index (χ2n) is 4.69. The van der Waals surface area contributed by atoms with Crippen molar-refractivity contribution in [1.29, 1.82) is 0 Å². The molecule has 2 rings (SSSR count). The molecule has 94 valence electrons. The largest absolute Gasteiger partial charge is 0.435 e. The van der Waals surface area contributed by atoms with E-state index >= 15 is 0 Å². The first-order valence-corrected chi connectivity index (χ1v) is 5.58. The molecule has 0 bridgehead atoms. The fraction of sp³-hybridized carbons (Fsp3) is 0.636. The third kappa shape index (κ3) is 2.87. The van der Waals surface area contributed by atoms with Crippen molar-refractivity contribution >= 4 is 5.82 Å². The van der Waals surface area contributed by atoms with Crippen LogP contribution in [0.5, 0.6) is 0 Å². The highest BCUT2D eigenvalue weighted by Gasteiger charge is 2.33. The van der Waals surface area contributed by atoms with Gasteiger partial charge >= 0.3 is 6.18 Å². The summed E-state index contributed by atoms with van der Waals surface area (Å²) in [4.78, 5) is 0. The van der Waals surface area contributed by atoms with Gasteiger partial charge in [0.2, 0.25) is 0 Å². The molecule has 0 unspecified atom stereocenters. The smallest absolute Gasteiger partial charge is 0.363 e. The lowest BCUT2D eigenvalue weighted by Gasteiger charge is -2.25. The van der Waals surface area contributed by atoms with Crippen LogP contribution >= 0.6 is 0 Å². The topological polar surface area (TPSA) is 37.8 Å². The van der Waals surface area contributed by atoms with Gasteiger partial charge in [0, 0.05) is 5.54 Å². The van der Waals surface area contributed by atoms with Crippen LogP contribution in [0.2, 0.25) is 0 Å². The summed E-state index contributed by atoms with van der Waals surface area (Å²) in [7, 11) is 0. The summed E-state index contributed by atoms with van der Waals surface area (Å²) in [5.74, 6) is 0.405. The summed E-state index contributed by atoms with van der Waals surface area (Å²) in [6, 6.07) is 2.28. The highest BCUT2D eigenvalue weighted by Crippen LogP contribution is 2.32. The Kier molecular flexibility index (Phi) is 2.97. The Morgan fingerprint density at radius 2 is 1.82 bits per heavy atom. The van der Waals surface area contributed by atoms with E-state index in [0.29, 0.717) is 5.82 Å². The number of nitrogens with zero attached hydrogens (tertiary/aromatic N) is 2. The third-order valence-electron chi connectivity index (χ3n) is 3.09. The Morgan fingerprint density at radius 3 is 2.29 bits per heavy atom. The Balaban J connectivity index is 2.08. The molecule has 1 fully saturated rings. The van der Waals surface area contributed by atoms with E-state index in [1.807, 2.05) is 0 Å². The highest BCUT2D eigenvalue weighted by atomic mass is 19.4. The molecule has 0 aliphatic heterocycles. The summed E-state index contributed by atoms with van der Waals surface area (Å²) in [5.41, 5.74) is -1.02. The number of rotatable bonds is 2. The normalized spacial score (nSPS) is 19.3. The van der Waals surface area contributed by atoms with Crippen molar-refractivity contribution in [2.45, 2.75) is 44.3 Å². The van der Waals surface area contributed by atoms with Crippen molar-refractivity contribution < 1.29 is 13.2 Å². The molecule has 1 N–H and O–H groups in total. The monoisotopic (exact) mass is 245 g/mol. The van der Waals surface area contributed by atoms with Crippen LogP contribution in [-0.4, -0.2) is 15.7 Å². The zero-order chi connectivity index (χ0) is 12.5. The zero-order valence-electron chi connectivity index (χ0n) is 9.51. The molecule has 1 aliphatic carbocycles. The van der Waals surface area contributed by atoms with Crippen LogP contribution in [0.25, 0.3) is 0 Å². The van der Waals surface area contributed by atoms with Crippen molar-refractivity contribution in [3.8, 4) is 0 Å². The van der Waals surface area contributed by atoms with Crippen molar-refractivity contribution in [3.05, 3.63) is 17.8 Å². The van der Waals surface area contributed by atoms with E-state index in [4.69, 9.17) is 0 Å². The minimum absolute atomic E-state index is 0.0611. The Hall–Kier alpha value is -1.33. The zero-order valence-corrected chi connectivity index (χ0v) is 9.51. The Morgan fingerprint density at radius 1 is 1.18 bits per heavy atom. The van der Waals surface area contributed by atoms with Crippen molar-refractivity contribution in [3.63, 3.8) is 0 Å². The summed E-state index contributed by atoms with van der Waals surface area (Å²) in [6.07, 6.45) is -0.136. The summed E-state index contributed by atoms with van der Waals surface area (Å²) >= 11 is 0. The predicted octanol–water partition coefficient (Wildman–Crippen LogP) is 3.24. The Bertz CT molecular complexity index is 380. The maximum atomic E-state index is 12.3. The number of aromatic nitrogens is 2. The van der Waals surface area contributed by atoms with Gasteiger partial charge in [0.1, 0.15) is 5.82 Å². The minimum Gasteiger partial charge on any atom is -0.363 e. The lowest BCUT2D eigenvalue weighted by Crippen LogP contribution is -2.31. The fourth-order valence-electron chi connectivity index (χ4n) is 2.14. The molecule has 0 amide bonds. The first-order chi connectivity index (χ1) is 7.89. The third-order valence-corrected chi connectivity index (χ3v) is 3.09. The average Bonchev–Trinajstić information content (AvgIpc) is 2.64. The Labute approximate surface area is 97.4 Å². The molecule has 1 aromatic rings. The standard InChI is InChI=1S/C11H14F3N3/c1-10(6-2-3-7-10)15-9-5-4-8(16-17-9)11(12,13)14/h4-5H,2-3,6-7H2,1H3,(H,15,17). The van der Waals surface area contributed by atoms with Gasteiger partial charge in [-0.3, -0.25) is 0 Å². The minimum atomic E-state index is -4.43. The van der Waals surface area contributed by atoms with Gasteiger partial charge in [-0.25, -0.2) is 0 Å². The average molecular weight is 245 g/mol. The predicted molar refractivity (Wildman–Crippen MR) is 57.5 cm³/mol. The molecular formula is C11H14F3N3. The van der Waals surface area contributed by atoms with Crippen LogP contribution in [0.1, 0.15) is 38.3 Å². The lowest BCUT2D eigenvalue weighted by atomic mass is 10.0. The lowest BCUT2D eigenvalue weighted by molar-refractivity contribution is -0.141. The molecule has 0 spiro atoms. The number of anilines is 1. The highest BCUT2D eigenvalue weighted by molar-refractivity contribution is 5.37. The van der Waals surface area contributed by atoms with Crippen molar-refractivity contribution in [2.75, 3.05) is 5.32 Å². The van der Waals surface area contributed by atoms with E-state index in [1.165, 1.54) is 6.07 Å². The van der Waals surface area contributed by atoms with Gasteiger partial charge in [-0.15, -0.1) is 10.2 Å². The van der Waals surface area contributed by atoms with Gasteiger partial charge in [-0.2, -0.15) is 13.2 Å². The molecule has 0 radical (unpaired) electrons. The van der Waals surface area contributed by atoms with E-state index in [9.17, 15) is 13.2 Å².